The fourth-order valence-corrected chi connectivity index (χ4v) is 0.425. The van der Waals surface area contributed by atoms with Crippen molar-refractivity contribution in [3.05, 3.63) is 0 Å². The molecule has 0 fully saturated rings. The molecule has 0 saturated carbocycles. The molecule has 0 aromatic carbocycles. The Balaban J connectivity index is 0. The normalized spacial score (nSPS) is 8.29. The Kier molecular flexibility index (Phi) is 13.1. The van der Waals surface area contributed by atoms with Gasteiger partial charge in [0, 0.05) is 13.3 Å². The van der Waals surface area contributed by atoms with E-state index in [-0.39, 0.29) is 12.4 Å². The van der Waals surface area contributed by atoms with Gasteiger partial charge in [-0.15, -0.1) is 0 Å². The summed E-state index contributed by atoms with van der Waals surface area (Å²) in [5.74, 6) is -0.784. The highest BCUT2D eigenvalue weighted by molar-refractivity contribution is 5.67. The number of esters is 1. The maximum absolute atomic E-state index is 10.1. The molecule has 0 bridgehead atoms. The van der Waals surface area contributed by atoms with Gasteiger partial charge in [-0.05, 0) is 6.42 Å². The number of unbranched alkanes of at least 4 members (excludes halogenated alkanes) is 1. The first-order valence-corrected chi connectivity index (χ1v) is 4.56. The van der Waals surface area contributed by atoms with Crippen LogP contribution in [-0.2, 0) is 19.2 Å². The molecule has 0 rings (SSSR count). The van der Waals surface area contributed by atoms with Gasteiger partial charge in [0.05, 0.1) is 6.61 Å². The third kappa shape index (κ3) is 17.1. The van der Waals surface area contributed by atoms with E-state index in [1.807, 2.05) is 0 Å². The predicted octanol–water partition coefficient (Wildman–Crippen LogP) is 1.76. The van der Waals surface area contributed by atoms with Gasteiger partial charge >= 0.3 is 11.9 Å². The van der Waals surface area contributed by atoms with Gasteiger partial charge in [-0.25, -0.2) is 4.79 Å². The topological polar surface area (TPSA) is 72.8 Å². The van der Waals surface area contributed by atoms with Crippen LogP contribution in [0.1, 0.15) is 40.0 Å². The van der Waals surface area contributed by atoms with Gasteiger partial charge in [0.15, 0.2) is 0 Å². The summed E-state index contributed by atoms with van der Waals surface area (Å²) in [5, 5.41) is 7.49. The van der Waals surface area contributed by atoms with E-state index >= 15 is 0 Å². The summed E-state index contributed by atoms with van der Waals surface area (Å²) in [4.78, 5) is 23.1. The smallest absolute Gasteiger partial charge is 0.341 e. The van der Waals surface area contributed by atoms with Crippen molar-refractivity contribution in [1.29, 1.82) is 0 Å². The molecule has 0 aliphatic rings. The summed E-state index contributed by atoms with van der Waals surface area (Å²) in [6.07, 6.45) is 2.27. The van der Waals surface area contributed by atoms with Crippen LogP contribution >= 0.6 is 0 Å². The fraction of sp³-hybridized carbons (Fsp3) is 0.778. The molecular formula is C9H18O5. The van der Waals surface area contributed by atoms with E-state index in [1.54, 1.807) is 6.92 Å². The first kappa shape index (κ1) is 15.4. The maximum atomic E-state index is 10.1. The number of hydrogen-bond donors (Lipinski definition) is 1. The highest BCUT2D eigenvalue weighted by atomic mass is 17.1. The Morgan fingerprint density at radius 3 is 2.07 bits per heavy atom. The standard InChI is InChI=1S/C6H12O2.C3H6O3/c1-3-4-5-8-6(2)7;1-2-3(4)6-5/h3-5H2,1-2H3;5H,2H2,1H3. The molecule has 0 aromatic rings. The SMILES string of the molecule is CCC(=O)OO.CCCCOC(C)=O. The third-order valence-corrected chi connectivity index (χ3v) is 1.19. The molecule has 14 heavy (non-hydrogen) atoms. The molecule has 0 radical (unpaired) electrons. The Morgan fingerprint density at radius 1 is 1.29 bits per heavy atom. The summed E-state index contributed by atoms with van der Waals surface area (Å²) in [7, 11) is 0. The van der Waals surface area contributed by atoms with Gasteiger partial charge in [0.25, 0.3) is 0 Å². The lowest BCUT2D eigenvalue weighted by Gasteiger charge is -1.96. The van der Waals surface area contributed by atoms with Crippen LogP contribution in [-0.4, -0.2) is 23.8 Å². The van der Waals surface area contributed by atoms with E-state index in [9.17, 15) is 9.59 Å². The number of carbonyl (C=O) groups excluding carboxylic acids is 2. The molecule has 0 aliphatic heterocycles. The fourth-order valence-electron chi connectivity index (χ4n) is 0.425. The zero-order valence-electron chi connectivity index (χ0n) is 8.91. The van der Waals surface area contributed by atoms with Gasteiger partial charge < -0.3 is 9.62 Å². The molecule has 0 heterocycles. The quantitative estimate of drug-likeness (QED) is 0.328. The van der Waals surface area contributed by atoms with Crippen molar-refractivity contribution < 1.29 is 24.5 Å². The molecule has 84 valence electrons. The molecule has 0 amide bonds. The summed E-state index contributed by atoms with van der Waals surface area (Å²) in [6.45, 7) is 5.66. The minimum atomic E-state index is -0.602. The van der Waals surface area contributed by atoms with Gasteiger partial charge in [-0.2, -0.15) is 5.26 Å². The average molecular weight is 206 g/mol. The van der Waals surface area contributed by atoms with E-state index in [2.05, 4.69) is 16.5 Å². The van der Waals surface area contributed by atoms with Crippen molar-refractivity contribution in [2.24, 2.45) is 0 Å². The van der Waals surface area contributed by atoms with Crippen molar-refractivity contribution in [1.82, 2.24) is 0 Å². The van der Waals surface area contributed by atoms with Crippen LogP contribution in [0.3, 0.4) is 0 Å². The van der Waals surface area contributed by atoms with Gasteiger partial charge in [0.2, 0.25) is 0 Å². The van der Waals surface area contributed by atoms with Crippen molar-refractivity contribution in [3.63, 3.8) is 0 Å². The van der Waals surface area contributed by atoms with E-state index in [0.29, 0.717) is 6.61 Å². The number of ether oxygens (including phenoxy) is 1. The Labute approximate surface area is 83.9 Å². The van der Waals surface area contributed by atoms with Crippen molar-refractivity contribution >= 4 is 11.9 Å². The van der Waals surface area contributed by atoms with E-state index < -0.39 is 5.97 Å². The van der Waals surface area contributed by atoms with Gasteiger partial charge in [0.1, 0.15) is 0 Å². The largest absolute Gasteiger partial charge is 0.466 e. The van der Waals surface area contributed by atoms with Gasteiger partial charge in [-0.1, -0.05) is 20.3 Å². The van der Waals surface area contributed by atoms with E-state index in [4.69, 9.17) is 5.26 Å². The summed E-state index contributed by atoms with van der Waals surface area (Å²) in [6, 6.07) is 0. The van der Waals surface area contributed by atoms with Crippen LogP contribution < -0.4 is 0 Å². The Bertz CT molecular complexity index is 149. The van der Waals surface area contributed by atoms with E-state index in [0.717, 1.165) is 12.8 Å². The van der Waals surface area contributed by atoms with Crippen LogP contribution in [0.5, 0.6) is 0 Å². The minimum Gasteiger partial charge on any atom is -0.466 e. The molecule has 5 heteroatoms. The predicted molar refractivity (Wildman–Crippen MR) is 50.6 cm³/mol. The lowest BCUT2D eigenvalue weighted by atomic mass is 10.4. The molecule has 0 unspecified atom stereocenters. The highest BCUT2D eigenvalue weighted by Gasteiger charge is 1.90. The first-order chi connectivity index (χ1) is 6.58. The molecule has 0 spiro atoms. The Morgan fingerprint density at radius 2 is 1.86 bits per heavy atom. The zero-order valence-corrected chi connectivity index (χ0v) is 8.91. The third-order valence-electron chi connectivity index (χ3n) is 1.19. The van der Waals surface area contributed by atoms with Crippen LogP contribution in [0, 0.1) is 0 Å². The maximum Gasteiger partial charge on any atom is 0.341 e. The molecule has 0 aliphatic carbocycles. The number of rotatable bonds is 4. The first-order valence-electron chi connectivity index (χ1n) is 4.56. The second kappa shape index (κ2) is 11.9. The van der Waals surface area contributed by atoms with E-state index in [1.165, 1.54) is 6.92 Å². The molecule has 0 aromatic heterocycles. The number of hydrogen-bond acceptors (Lipinski definition) is 5. The second-order valence-corrected chi connectivity index (χ2v) is 2.51. The minimum absolute atomic E-state index is 0.182. The van der Waals surface area contributed by atoms with Crippen molar-refractivity contribution in [3.8, 4) is 0 Å². The molecule has 0 saturated heterocycles. The second-order valence-electron chi connectivity index (χ2n) is 2.51. The Hall–Kier alpha value is -1.10. The molecule has 0 atom stereocenters. The van der Waals surface area contributed by atoms with Crippen LogP contribution in [0.25, 0.3) is 0 Å². The monoisotopic (exact) mass is 206 g/mol. The molecule has 5 nitrogen and oxygen atoms in total. The van der Waals surface area contributed by atoms with Crippen LogP contribution in [0.4, 0.5) is 0 Å². The highest BCUT2D eigenvalue weighted by Crippen LogP contribution is 1.86. The van der Waals surface area contributed by atoms with Gasteiger partial charge in [-0.3, -0.25) is 4.79 Å². The average Bonchev–Trinajstić information content (AvgIpc) is 2.17. The van der Waals surface area contributed by atoms with Crippen molar-refractivity contribution in [2.75, 3.05) is 6.61 Å². The number of carbonyl (C=O) groups is 2. The molecular weight excluding hydrogens is 188 g/mol. The summed E-state index contributed by atoms with van der Waals surface area (Å²) < 4.78 is 4.64. The summed E-state index contributed by atoms with van der Waals surface area (Å²) in [5.41, 5.74) is 0. The van der Waals surface area contributed by atoms with Crippen molar-refractivity contribution in [2.45, 2.75) is 40.0 Å². The van der Waals surface area contributed by atoms with Crippen LogP contribution in [0.15, 0.2) is 0 Å². The lowest BCUT2D eigenvalue weighted by Crippen LogP contribution is -1.99. The van der Waals surface area contributed by atoms with Crippen LogP contribution in [0.2, 0.25) is 0 Å². The summed E-state index contributed by atoms with van der Waals surface area (Å²) >= 11 is 0. The lowest BCUT2D eigenvalue weighted by molar-refractivity contribution is -0.233. The zero-order chi connectivity index (χ0) is 11.4. The molecule has 1 N–H and O–H groups in total.